The quantitative estimate of drug-likeness (QED) is 0.597. The molecular formula is C17H18BN3. The van der Waals surface area contributed by atoms with Gasteiger partial charge in [0.05, 0.1) is 0 Å². The number of nitrogens with zero attached hydrogens (tertiary/aromatic N) is 1. The summed E-state index contributed by atoms with van der Waals surface area (Å²) in [6.45, 7) is 7.95. The van der Waals surface area contributed by atoms with Gasteiger partial charge < -0.3 is 0 Å². The molecule has 104 valence electrons. The fraction of sp³-hybridized carbons (Fsp3) is 0.0588. The van der Waals surface area contributed by atoms with Gasteiger partial charge in [0.2, 0.25) is 0 Å². The molecule has 21 heavy (non-hydrogen) atoms. The van der Waals surface area contributed by atoms with Crippen molar-refractivity contribution in [2.75, 3.05) is 10.5 Å². The molecule has 0 amide bonds. The number of rotatable bonds is 7. The van der Waals surface area contributed by atoms with Crippen LogP contribution in [0.15, 0.2) is 66.2 Å². The van der Waals surface area contributed by atoms with Gasteiger partial charge in [-0.2, -0.15) is 0 Å². The van der Waals surface area contributed by atoms with Gasteiger partial charge in [-0.15, -0.1) is 0 Å². The molecule has 3 nitrogen and oxygen atoms in total. The molecule has 0 bridgehead atoms. The van der Waals surface area contributed by atoms with Gasteiger partial charge in [-0.3, -0.25) is 0 Å². The van der Waals surface area contributed by atoms with E-state index in [-0.39, 0.29) is 0 Å². The molecule has 0 heterocycles. The molecule has 0 aromatic heterocycles. The van der Waals surface area contributed by atoms with Crippen molar-refractivity contribution in [1.82, 2.24) is 0 Å². The topological polar surface area (TPSA) is 36.4 Å². The zero-order valence-corrected chi connectivity index (χ0v) is 11.9. The van der Waals surface area contributed by atoms with E-state index in [0.717, 1.165) is 17.1 Å². The van der Waals surface area contributed by atoms with Crippen LogP contribution in [0.4, 0.5) is 17.1 Å². The fourth-order valence-electron chi connectivity index (χ4n) is 1.97. The maximum absolute atomic E-state index is 4.02. The Morgan fingerprint density at radius 3 is 2.52 bits per heavy atom. The number of para-hydroxylation sites is 3. The Kier molecular flexibility index (Phi) is 5.53. The summed E-state index contributed by atoms with van der Waals surface area (Å²) in [5.74, 6) is 1.86. The number of hydrogen-bond acceptors (Lipinski definition) is 3. The molecule has 2 N–H and O–H groups in total. The molecular weight excluding hydrogens is 257 g/mol. The van der Waals surface area contributed by atoms with E-state index in [4.69, 9.17) is 0 Å². The van der Waals surface area contributed by atoms with E-state index < -0.39 is 0 Å². The van der Waals surface area contributed by atoms with Crippen LogP contribution in [0.1, 0.15) is 5.56 Å². The van der Waals surface area contributed by atoms with Crippen LogP contribution < -0.4 is 10.5 Å². The molecule has 4 heteroatoms. The number of hydrogen-bond donors (Lipinski definition) is 2. The van der Waals surface area contributed by atoms with E-state index >= 15 is 0 Å². The van der Waals surface area contributed by atoms with E-state index in [0.29, 0.717) is 6.54 Å². The van der Waals surface area contributed by atoms with Crippen LogP contribution in [0, 0.1) is 0 Å². The molecule has 0 saturated carbocycles. The van der Waals surface area contributed by atoms with Crippen molar-refractivity contribution in [2.45, 2.75) is 6.54 Å². The SMILES string of the molecule is C=C/C=B\Nc1ccccc1CNc1ccccc1N=C. The standard InChI is InChI=1S/C17H18BN3/c1-3-12-18-21-15-9-5-4-8-14(15)13-20-17-11-7-6-10-16(17)19-2/h3-12,20-21H,1-2,13H2. The Labute approximate surface area is 126 Å². The van der Waals surface area contributed by atoms with E-state index in [1.54, 1.807) is 6.08 Å². The first kappa shape index (κ1) is 14.8. The van der Waals surface area contributed by atoms with Crippen LogP contribution in [0.3, 0.4) is 0 Å². The average Bonchev–Trinajstić information content (AvgIpc) is 2.54. The monoisotopic (exact) mass is 275 g/mol. The summed E-state index contributed by atoms with van der Waals surface area (Å²) in [6, 6.07) is 16.0. The average molecular weight is 275 g/mol. The molecule has 0 aliphatic carbocycles. The molecule has 2 aromatic carbocycles. The summed E-state index contributed by atoms with van der Waals surface area (Å²) in [6.07, 6.45) is 1.74. The maximum atomic E-state index is 4.02. The van der Waals surface area contributed by atoms with Crippen molar-refractivity contribution in [2.24, 2.45) is 4.99 Å². The Hall–Kier alpha value is -2.62. The second kappa shape index (κ2) is 7.85. The predicted octanol–water partition coefficient (Wildman–Crippen LogP) is 3.65. The second-order valence-electron chi connectivity index (χ2n) is 4.43. The van der Waals surface area contributed by atoms with Gasteiger partial charge >= 0.3 is 126 Å². The van der Waals surface area contributed by atoms with Crippen molar-refractivity contribution >= 4 is 36.8 Å². The number of nitrogens with one attached hydrogen (secondary N) is 2. The second-order valence-corrected chi connectivity index (χ2v) is 4.43. The summed E-state index contributed by atoms with van der Waals surface area (Å²) in [4.78, 5) is 4.02. The zero-order chi connectivity index (χ0) is 14.9. The van der Waals surface area contributed by atoms with Gasteiger partial charge in [0.15, 0.2) is 0 Å². The molecule has 0 saturated heterocycles. The zero-order valence-electron chi connectivity index (χ0n) is 11.9. The summed E-state index contributed by atoms with van der Waals surface area (Å²) in [5.41, 5.74) is 4.07. The van der Waals surface area contributed by atoms with Crippen molar-refractivity contribution in [1.29, 1.82) is 0 Å². The van der Waals surface area contributed by atoms with E-state index in [1.807, 2.05) is 55.5 Å². The first-order chi connectivity index (χ1) is 10.3. The third-order valence-corrected chi connectivity index (χ3v) is 3.03. The number of benzene rings is 2. The van der Waals surface area contributed by atoms with Gasteiger partial charge in [-0.25, -0.2) is 0 Å². The van der Waals surface area contributed by atoms with Gasteiger partial charge in [0.1, 0.15) is 0 Å². The third kappa shape index (κ3) is 4.18. The molecule has 0 unspecified atom stereocenters. The number of allylic oxidation sites excluding steroid dienone is 1. The third-order valence-electron chi connectivity index (χ3n) is 3.03. The molecule has 2 rings (SSSR count). The van der Waals surface area contributed by atoms with Crippen LogP contribution in [-0.2, 0) is 6.54 Å². The van der Waals surface area contributed by atoms with Crippen LogP contribution in [0.25, 0.3) is 0 Å². The van der Waals surface area contributed by atoms with Crippen LogP contribution in [0.2, 0.25) is 0 Å². The normalized spacial score (nSPS) is 9.90. The van der Waals surface area contributed by atoms with Crippen molar-refractivity contribution in [3.8, 4) is 0 Å². The number of aliphatic imine (C=N–C) groups is 1. The first-order valence-electron chi connectivity index (χ1n) is 6.77. The summed E-state index contributed by atoms with van der Waals surface area (Å²) >= 11 is 0. The van der Waals surface area contributed by atoms with Gasteiger partial charge in [-0.05, 0) is 0 Å². The molecule has 0 spiro atoms. The van der Waals surface area contributed by atoms with Crippen LogP contribution in [-0.4, -0.2) is 19.7 Å². The summed E-state index contributed by atoms with van der Waals surface area (Å²) in [5, 5.41) is 6.64. The molecule has 0 fully saturated rings. The van der Waals surface area contributed by atoms with E-state index in [1.165, 1.54) is 5.56 Å². The Balaban J connectivity index is 2.11. The molecule has 2 aromatic rings. The van der Waals surface area contributed by atoms with E-state index in [9.17, 15) is 0 Å². The number of anilines is 2. The summed E-state index contributed by atoms with van der Waals surface area (Å²) in [7, 11) is 1.87. The van der Waals surface area contributed by atoms with Crippen molar-refractivity contribution in [3.63, 3.8) is 0 Å². The fourth-order valence-corrected chi connectivity index (χ4v) is 1.97. The van der Waals surface area contributed by atoms with Crippen molar-refractivity contribution in [3.05, 3.63) is 66.7 Å². The van der Waals surface area contributed by atoms with Gasteiger partial charge in [0.25, 0.3) is 0 Å². The van der Waals surface area contributed by atoms with Crippen LogP contribution in [0.5, 0.6) is 0 Å². The van der Waals surface area contributed by atoms with Crippen LogP contribution >= 0.6 is 0 Å². The predicted molar refractivity (Wildman–Crippen MR) is 95.1 cm³/mol. The molecule has 0 radical (unpaired) electrons. The van der Waals surface area contributed by atoms with Crippen molar-refractivity contribution < 1.29 is 0 Å². The minimum atomic E-state index is 0.706. The first-order valence-corrected chi connectivity index (χ1v) is 6.77. The van der Waals surface area contributed by atoms with E-state index in [2.05, 4.69) is 34.9 Å². The minimum absolute atomic E-state index is 0.706. The van der Waals surface area contributed by atoms with Gasteiger partial charge in [-0.1, -0.05) is 0 Å². The molecule has 0 atom stereocenters. The Morgan fingerprint density at radius 2 is 1.76 bits per heavy atom. The van der Waals surface area contributed by atoms with Gasteiger partial charge in [0, 0.05) is 0 Å². The summed E-state index contributed by atoms with van der Waals surface area (Å²) < 4.78 is 0. The molecule has 0 aliphatic heterocycles. The Morgan fingerprint density at radius 1 is 1.05 bits per heavy atom. The Bertz CT molecular complexity index is 650. The molecule has 0 aliphatic rings.